The fourth-order valence-electron chi connectivity index (χ4n) is 2.09. The van der Waals surface area contributed by atoms with Crippen molar-refractivity contribution in [3.8, 4) is 0 Å². The van der Waals surface area contributed by atoms with Crippen LogP contribution in [0.15, 0.2) is 75.7 Å². The molecule has 23 heavy (non-hydrogen) atoms. The predicted molar refractivity (Wildman–Crippen MR) is 94.3 cm³/mol. The Bertz CT molecular complexity index is 730. The first-order chi connectivity index (χ1) is 11.2. The molecule has 0 bridgehead atoms. The molecule has 0 amide bonds. The van der Waals surface area contributed by atoms with E-state index in [0.717, 1.165) is 26.8 Å². The highest BCUT2D eigenvalue weighted by Crippen LogP contribution is 2.35. The van der Waals surface area contributed by atoms with Crippen molar-refractivity contribution >= 4 is 28.2 Å². The van der Waals surface area contributed by atoms with E-state index < -0.39 is 6.29 Å². The summed E-state index contributed by atoms with van der Waals surface area (Å²) in [7, 11) is 0. The highest BCUT2D eigenvalue weighted by atomic mass is 32.1. The molecule has 0 aromatic carbocycles. The van der Waals surface area contributed by atoms with Crippen molar-refractivity contribution in [2.45, 2.75) is 13.2 Å². The molecule has 0 saturated heterocycles. The molecule has 0 fully saturated rings. The van der Waals surface area contributed by atoms with Crippen LogP contribution < -0.4 is 0 Å². The van der Waals surface area contributed by atoms with Crippen molar-refractivity contribution in [1.82, 2.24) is 0 Å². The minimum Gasteiger partial charge on any atom is -0.470 e. The topological polar surface area (TPSA) is 42.6 Å². The second-order valence-electron chi connectivity index (χ2n) is 4.79. The third-order valence-corrected chi connectivity index (χ3v) is 4.88. The smallest absolute Gasteiger partial charge is 0.217 e. The molecular weight excluding hydrogens is 328 g/mol. The van der Waals surface area contributed by atoms with E-state index in [0.29, 0.717) is 0 Å². The molecule has 1 aliphatic heterocycles. The number of aliphatic hydroxyl groups is 1. The standard InChI is InChI=1S/C13H10O2S2.C5H6O/c14-12-6-5-9(15-12)13(10-3-1-7-16-10)11-4-2-8-17-11;1-5-3-2-4-6-5/h1-8,12,14H;2-4H,1H3. The summed E-state index contributed by atoms with van der Waals surface area (Å²) in [5, 5.41) is 13.5. The zero-order valence-corrected chi connectivity index (χ0v) is 14.1. The SMILES string of the molecule is Cc1ccco1.OC1C=CC(=C(c2cccs2)c2cccs2)O1. The normalized spacial score (nSPS) is 15.9. The first kappa shape index (κ1) is 15.8. The van der Waals surface area contributed by atoms with Gasteiger partial charge in [-0.3, -0.25) is 0 Å². The number of hydrogen-bond acceptors (Lipinski definition) is 5. The average molecular weight is 344 g/mol. The average Bonchev–Trinajstić information content (AvgIpc) is 3.29. The quantitative estimate of drug-likeness (QED) is 0.706. The van der Waals surface area contributed by atoms with Gasteiger partial charge in [-0.25, -0.2) is 0 Å². The molecule has 3 aromatic heterocycles. The Hall–Kier alpha value is -2.08. The number of ether oxygens (including phenoxy) is 1. The lowest BCUT2D eigenvalue weighted by molar-refractivity contribution is -0.00945. The van der Waals surface area contributed by atoms with Gasteiger partial charge in [0.2, 0.25) is 6.29 Å². The minimum atomic E-state index is -0.820. The maximum Gasteiger partial charge on any atom is 0.217 e. The van der Waals surface area contributed by atoms with Crippen molar-refractivity contribution in [1.29, 1.82) is 0 Å². The molecule has 1 unspecified atom stereocenters. The van der Waals surface area contributed by atoms with Crippen LogP contribution in [0.2, 0.25) is 0 Å². The van der Waals surface area contributed by atoms with E-state index in [1.165, 1.54) is 0 Å². The lowest BCUT2D eigenvalue weighted by Crippen LogP contribution is -2.01. The molecule has 5 heteroatoms. The summed E-state index contributed by atoms with van der Waals surface area (Å²) in [6.45, 7) is 1.92. The predicted octanol–water partition coefficient (Wildman–Crippen LogP) is 5.06. The van der Waals surface area contributed by atoms with E-state index in [1.807, 2.05) is 48.0 Å². The Morgan fingerprint density at radius 1 is 1.04 bits per heavy atom. The van der Waals surface area contributed by atoms with E-state index >= 15 is 0 Å². The number of furan rings is 1. The van der Waals surface area contributed by atoms with Crippen LogP contribution in [0.5, 0.6) is 0 Å². The molecule has 118 valence electrons. The second kappa shape index (κ2) is 7.46. The van der Waals surface area contributed by atoms with Gasteiger partial charge in [-0.1, -0.05) is 12.1 Å². The first-order valence-corrected chi connectivity index (χ1v) is 8.85. The monoisotopic (exact) mass is 344 g/mol. The summed E-state index contributed by atoms with van der Waals surface area (Å²) in [5.74, 6) is 1.71. The van der Waals surface area contributed by atoms with Crippen molar-refractivity contribution in [2.24, 2.45) is 0 Å². The van der Waals surface area contributed by atoms with Gasteiger partial charge >= 0.3 is 0 Å². The van der Waals surface area contributed by atoms with Gasteiger partial charge in [0.25, 0.3) is 0 Å². The van der Waals surface area contributed by atoms with Gasteiger partial charge in [0.1, 0.15) is 11.5 Å². The number of aryl methyl sites for hydroxylation is 1. The third-order valence-electron chi connectivity index (χ3n) is 3.10. The van der Waals surface area contributed by atoms with E-state index in [2.05, 4.69) is 12.1 Å². The van der Waals surface area contributed by atoms with E-state index in [4.69, 9.17) is 9.15 Å². The molecule has 0 saturated carbocycles. The first-order valence-electron chi connectivity index (χ1n) is 7.09. The zero-order valence-electron chi connectivity index (χ0n) is 12.5. The van der Waals surface area contributed by atoms with Gasteiger partial charge in [0.15, 0.2) is 0 Å². The highest BCUT2D eigenvalue weighted by Gasteiger charge is 2.19. The third kappa shape index (κ3) is 4.01. The van der Waals surface area contributed by atoms with Crippen LogP contribution in [0.25, 0.3) is 5.57 Å². The van der Waals surface area contributed by atoms with Crippen LogP contribution in [0, 0.1) is 6.92 Å². The lowest BCUT2D eigenvalue weighted by atomic mass is 10.1. The molecule has 1 N–H and O–H groups in total. The van der Waals surface area contributed by atoms with Gasteiger partial charge in [-0.05, 0) is 54.1 Å². The van der Waals surface area contributed by atoms with Gasteiger partial charge in [-0.2, -0.15) is 0 Å². The Balaban J connectivity index is 0.000000220. The number of aliphatic hydroxyl groups excluding tert-OH is 1. The van der Waals surface area contributed by atoms with Crippen LogP contribution in [-0.2, 0) is 4.74 Å². The number of allylic oxidation sites excluding steroid dienone is 1. The summed E-state index contributed by atoms with van der Waals surface area (Å²) in [4.78, 5) is 2.31. The Kier molecular flexibility index (Phi) is 5.12. The van der Waals surface area contributed by atoms with E-state index in [-0.39, 0.29) is 0 Å². The Labute approximate surface area is 142 Å². The fourth-order valence-corrected chi connectivity index (χ4v) is 3.73. The summed E-state index contributed by atoms with van der Waals surface area (Å²) < 4.78 is 10.2. The fraction of sp³-hybridized carbons (Fsp3) is 0.111. The van der Waals surface area contributed by atoms with Gasteiger partial charge in [0, 0.05) is 9.75 Å². The largest absolute Gasteiger partial charge is 0.470 e. The lowest BCUT2D eigenvalue weighted by Gasteiger charge is -2.09. The van der Waals surface area contributed by atoms with E-state index in [9.17, 15) is 5.11 Å². The molecule has 4 rings (SSSR count). The molecule has 1 aliphatic rings. The van der Waals surface area contributed by atoms with Crippen molar-refractivity contribution < 1.29 is 14.3 Å². The summed E-state index contributed by atoms with van der Waals surface area (Å²) in [6, 6.07) is 11.9. The summed E-state index contributed by atoms with van der Waals surface area (Å²) >= 11 is 3.34. The molecule has 1 atom stereocenters. The summed E-state index contributed by atoms with van der Waals surface area (Å²) in [6.07, 6.45) is 4.32. The summed E-state index contributed by atoms with van der Waals surface area (Å²) in [5.41, 5.74) is 1.06. The Morgan fingerprint density at radius 2 is 1.74 bits per heavy atom. The van der Waals surface area contributed by atoms with E-state index in [1.54, 1.807) is 35.0 Å². The van der Waals surface area contributed by atoms with Crippen molar-refractivity contribution in [2.75, 3.05) is 0 Å². The molecule has 4 heterocycles. The van der Waals surface area contributed by atoms with Crippen molar-refractivity contribution in [3.05, 3.63) is 86.8 Å². The van der Waals surface area contributed by atoms with Crippen LogP contribution >= 0.6 is 22.7 Å². The van der Waals surface area contributed by atoms with Gasteiger partial charge in [-0.15, -0.1) is 22.7 Å². The van der Waals surface area contributed by atoms with Gasteiger partial charge in [0.05, 0.1) is 11.8 Å². The number of rotatable bonds is 2. The van der Waals surface area contributed by atoms with Crippen LogP contribution in [0.4, 0.5) is 0 Å². The molecule has 0 spiro atoms. The maximum atomic E-state index is 9.41. The van der Waals surface area contributed by atoms with Crippen LogP contribution in [0.3, 0.4) is 0 Å². The number of thiophene rings is 2. The number of hydrogen-bond donors (Lipinski definition) is 1. The molecular formula is C18H16O3S2. The molecule has 3 nitrogen and oxygen atoms in total. The molecule has 0 radical (unpaired) electrons. The molecule has 3 aromatic rings. The second-order valence-corrected chi connectivity index (χ2v) is 6.68. The zero-order chi connectivity index (χ0) is 16.1. The minimum absolute atomic E-state index is 0.738. The maximum absolute atomic E-state index is 9.41. The Morgan fingerprint density at radius 3 is 2.09 bits per heavy atom. The molecule has 0 aliphatic carbocycles. The van der Waals surface area contributed by atoms with Crippen molar-refractivity contribution in [3.63, 3.8) is 0 Å². The van der Waals surface area contributed by atoms with Gasteiger partial charge < -0.3 is 14.3 Å². The van der Waals surface area contributed by atoms with Crippen LogP contribution in [0.1, 0.15) is 15.5 Å². The highest BCUT2D eigenvalue weighted by molar-refractivity contribution is 7.13. The van der Waals surface area contributed by atoms with Crippen LogP contribution in [-0.4, -0.2) is 11.4 Å².